The lowest BCUT2D eigenvalue weighted by molar-refractivity contribution is -0.351. The van der Waals surface area contributed by atoms with Gasteiger partial charge < -0.3 is 5.11 Å². The number of hydrogen-bond donors (Lipinski definition) is 1. The van der Waals surface area contributed by atoms with Gasteiger partial charge in [0.2, 0.25) is 0 Å². The van der Waals surface area contributed by atoms with Crippen LogP contribution in [0, 0.1) is 11.3 Å². The van der Waals surface area contributed by atoms with Crippen LogP contribution < -0.4 is 9.88 Å². The molecular formula is C20H24N3O+. The Hall–Kier alpha value is -2.38. The number of likely N-dealkylation sites (N-methyl/N-ethyl adjacent to an activating group) is 1. The maximum atomic E-state index is 9.79. The molecule has 0 amide bonds. The second-order valence-corrected chi connectivity index (χ2v) is 6.17. The predicted molar refractivity (Wildman–Crippen MR) is 94.8 cm³/mol. The lowest BCUT2D eigenvalue weighted by Crippen LogP contribution is -2.35. The van der Waals surface area contributed by atoms with Crippen molar-refractivity contribution in [3.63, 3.8) is 0 Å². The summed E-state index contributed by atoms with van der Waals surface area (Å²) < 4.78 is 0. The van der Waals surface area contributed by atoms with E-state index in [4.69, 9.17) is 0 Å². The summed E-state index contributed by atoms with van der Waals surface area (Å²) in [5, 5.41) is 19.2. The van der Waals surface area contributed by atoms with Crippen LogP contribution in [0.4, 0.5) is 5.82 Å². The molecule has 24 heavy (non-hydrogen) atoms. The van der Waals surface area contributed by atoms with Crippen molar-refractivity contribution in [2.24, 2.45) is 0 Å². The highest BCUT2D eigenvalue weighted by molar-refractivity contribution is 5.68. The van der Waals surface area contributed by atoms with E-state index in [1.807, 2.05) is 25.1 Å². The van der Waals surface area contributed by atoms with Gasteiger partial charge >= 0.3 is 0 Å². The lowest BCUT2D eigenvalue weighted by atomic mass is 9.86. The van der Waals surface area contributed by atoms with Gasteiger partial charge in [-0.15, -0.1) is 0 Å². The number of benzene rings is 1. The van der Waals surface area contributed by atoms with Gasteiger partial charge in [-0.1, -0.05) is 30.3 Å². The number of aromatic nitrogens is 1. The first-order valence-corrected chi connectivity index (χ1v) is 8.72. The maximum Gasteiger partial charge on any atom is 0.293 e. The smallest absolute Gasteiger partial charge is 0.293 e. The van der Waals surface area contributed by atoms with Gasteiger partial charge in [-0.25, -0.2) is 4.98 Å². The van der Waals surface area contributed by atoms with Crippen molar-refractivity contribution in [2.75, 3.05) is 24.6 Å². The molecule has 4 heteroatoms. The summed E-state index contributed by atoms with van der Waals surface area (Å²) in [6.07, 6.45) is 4.26. The molecule has 0 spiro atoms. The minimum atomic E-state index is 0.0737. The van der Waals surface area contributed by atoms with Gasteiger partial charge in [0.25, 0.3) is 5.82 Å². The third-order valence-electron chi connectivity index (χ3n) is 4.79. The van der Waals surface area contributed by atoms with E-state index in [0.29, 0.717) is 6.54 Å². The molecule has 1 aliphatic carbocycles. The summed E-state index contributed by atoms with van der Waals surface area (Å²) in [6, 6.07) is 12.7. The molecular weight excluding hydrogens is 298 g/mol. The van der Waals surface area contributed by atoms with Gasteiger partial charge in [0.15, 0.2) is 0 Å². The Labute approximate surface area is 143 Å². The van der Waals surface area contributed by atoms with Crippen LogP contribution >= 0.6 is 0 Å². The average molecular weight is 322 g/mol. The summed E-state index contributed by atoms with van der Waals surface area (Å²) in [5.74, 6) is 0.841. The SMILES string of the molecule is CCN(CCO)c1[nH+]c(-c2ccccc2)c2c(c1C#N)CCCC2. The number of nitriles is 1. The van der Waals surface area contributed by atoms with Gasteiger partial charge in [0.05, 0.1) is 13.2 Å². The molecule has 1 aromatic heterocycles. The van der Waals surface area contributed by atoms with E-state index < -0.39 is 0 Å². The number of aliphatic hydroxyl groups excluding tert-OH is 1. The van der Waals surface area contributed by atoms with Gasteiger partial charge in [-0.05, 0) is 38.2 Å². The molecule has 0 atom stereocenters. The molecule has 0 saturated heterocycles. The highest BCUT2D eigenvalue weighted by Gasteiger charge is 2.29. The molecule has 1 heterocycles. The second kappa shape index (κ2) is 7.46. The molecule has 3 rings (SSSR count). The predicted octanol–water partition coefficient (Wildman–Crippen LogP) is 2.74. The van der Waals surface area contributed by atoms with Gasteiger partial charge in [0.1, 0.15) is 23.9 Å². The van der Waals surface area contributed by atoms with Crippen molar-refractivity contribution in [1.82, 2.24) is 0 Å². The van der Waals surface area contributed by atoms with Crippen molar-refractivity contribution < 1.29 is 10.1 Å². The highest BCUT2D eigenvalue weighted by atomic mass is 16.3. The highest BCUT2D eigenvalue weighted by Crippen LogP contribution is 2.33. The largest absolute Gasteiger partial charge is 0.392 e. The van der Waals surface area contributed by atoms with E-state index in [9.17, 15) is 10.4 Å². The number of fused-ring (bicyclic) bond motifs is 1. The van der Waals surface area contributed by atoms with Crippen LogP contribution in [0.2, 0.25) is 0 Å². The van der Waals surface area contributed by atoms with E-state index in [1.54, 1.807) is 0 Å². The van der Waals surface area contributed by atoms with E-state index in [1.165, 1.54) is 17.5 Å². The number of rotatable bonds is 5. The number of pyridine rings is 1. The zero-order valence-electron chi connectivity index (χ0n) is 14.2. The van der Waals surface area contributed by atoms with Gasteiger partial charge in [-0.3, -0.25) is 4.90 Å². The number of H-pyrrole nitrogens is 1. The fourth-order valence-corrected chi connectivity index (χ4v) is 3.61. The maximum absolute atomic E-state index is 9.79. The third kappa shape index (κ3) is 3.00. The minimum absolute atomic E-state index is 0.0737. The first-order valence-electron chi connectivity index (χ1n) is 8.72. The monoisotopic (exact) mass is 322 g/mol. The Morgan fingerprint density at radius 1 is 1.17 bits per heavy atom. The Bertz CT molecular complexity index is 750. The summed E-state index contributed by atoms with van der Waals surface area (Å²) in [6.45, 7) is 3.39. The van der Waals surface area contributed by atoms with Crippen molar-refractivity contribution in [1.29, 1.82) is 5.26 Å². The number of anilines is 1. The average Bonchev–Trinajstić information content (AvgIpc) is 2.65. The molecule has 0 saturated carbocycles. The van der Waals surface area contributed by atoms with Crippen LogP contribution in [0.15, 0.2) is 30.3 Å². The molecule has 2 aromatic rings. The number of hydrogen-bond acceptors (Lipinski definition) is 3. The van der Waals surface area contributed by atoms with Crippen molar-refractivity contribution in [2.45, 2.75) is 32.6 Å². The van der Waals surface area contributed by atoms with Crippen molar-refractivity contribution in [3.05, 3.63) is 47.0 Å². The molecule has 4 nitrogen and oxygen atoms in total. The van der Waals surface area contributed by atoms with Crippen LogP contribution in [0.1, 0.15) is 36.5 Å². The van der Waals surface area contributed by atoms with E-state index in [2.05, 4.69) is 28.1 Å². The van der Waals surface area contributed by atoms with Crippen LogP contribution in [-0.4, -0.2) is 24.8 Å². The number of aliphatic hydroxyl groups is 1. The number of nitrogens with zero attached hydrogens (tertiary/aromatic N) is 2. The molecule has 1 aliphatic rings. The van der Waals surface area contributed by atoms with Crippen LogP contribution in [-0.2, 0) is 12.8 Å². The van der Waals surface area contributed by atoms with Crippen LogP contribution in [0.3, 0.4) is 0 Å². The molecule has 0 aliphatic heterocycles. The standard InChI is InChI=1S/C20H23N3O/c1-2-23(12-13-24)20-18(14-21)16-10-6-7-11-17(16)19(22-20)15-8-4-3-5-9-15/h3-5,8-9,24H,2,6-7,10-13H2,1H3/p+1. The molecule has 0 fully saturated rings. The van der Waals surface area contributed by atoms with Crippen LogP contribution in [0.5, 0.6) is 0 Å². The molecule has 1 aromatic carbocycles. The summed E-state index contributed by atoms with van der Waals surface area (Å²) >= 11 is 0. The number of nitrogens with one attached hydrogen (secondary N) is 1. The van der Waals surface area contributed by atoms with E-state index >= 15 is 0 Å². The molecule has 2 N–H and O–H groups in total. The lowest BCUT2D eigenvalue weighted by Gasteiger charge is -2.23. The molecule has 0 unspecified atom stereocenters. The summed E-state index contributed by atoms with van der Waals surface area (Å²) in [4.78, 5) is 5.59. The third-order valence-corrected chi connectivity index (χ3v) is 4.79. The Morgan fingerprint density at radius 3 is 2.50 bits per heavy atom. The fourth-order valence-electron chi connectivity index (χ4n) is 3.61. The Balaban J connectivity index is 2.24. The Morgan fingerprint density at radius 2 is 1.88 bits per heavy atom. The second-order valence-electron chi connectivity index (χ2n) is 6.17. The van der Waals surface area contributed by atoms with Crippen molar-refractivity contribution in [3.8, 4) is 17.3 Å². The van der Waals surface area contributed by atoms with E-state index in [-0.39, 0.29) is 6.61 Å². The van der Waals surface area contributed by atoms with Crippen molar-refractivity contribution >= 4 is 5.82 Å². The minimum Gasteiger partial charge on any atom is -0.392 e. The summed E-state index contributed by atoms with van der Waals surface area (Å²) in [7, 11) is 0. The fraction of sp³-hybridized carbons (Fsp3) is 0.400. The first kappa shape index (κ1) is 16.5. The molecule has 0 radical (unpaired) electrons. The Kier molecular flexibility index (Phi) is 5.12. The first-order chi connectivity index (χ1) is 11.8. The van der Waals surface area contributed by atoms with Gasteiger partial charge in [0, 0.05) is 11.1 Å². The topological polar surface area (TPSA) is 61.4 Å². The normalized spacial score (nSPS) is 13.2. The summed E-state index contributed by atoms with van der Waals surface area (Å²) in [5.41, 5.74) is 5.50. The van der Waals surface area contributed by atoms with Crippen LogP contribution in [0.25, 0.3) is 11.3 Å². The number of aromatic amines is 1. The zero-order chi connectivity index (χ0) is 16.9. The molecule has 0 bridgehead atoms. The zero-order valence-corrected chi connectivity index (χ0v) is 14.2. The molecule has 124 valence electrons. The van der Waals surface area contributed by atoms with E-state index in [0.717, 1.165) is 48.4 Å². The van der Waals surface area contributed by atoms with Gasteiger partial charge in [-0.2, -0.15) is 5.26 Å². The quantitative estimate of drug-likeness (QED) is 0.921.